The predicted octanol–water partition coefficient (Wildman–Crippen LogP) is 3.43. The molecule has 5 heteroatoms. The largest absolute Gasteiger partial charge is 0.357 e. The van der Waals surface area contributed by atoms with Crippen LogP contribution in [0.3, 0.4) is 0 Å². The van der Waals surface area contributed by atoms with Gasteiger partial charge in [0.15, 0.2) is 5.96 Å². The lowest BCUT2D eigenvalue weighted by atomic mass is 10.0. The van der Waals surface area contributed by atoms with E-state index >= 15 is 0 Å². The number of fused-ring (bicyclic) bond motifs is 1. The van der Waals surface area contributed by atoms with Crippen LogP contribution < -0.4 is 5.32 Å². The van der Waals surface area contributed by atoms with Gasteiger partial charge < -0.3 is 14.8 Å². The van der Waals surface area contributed by atoms with Crippen LogP contribution in [0.2, 0.25) is 0 Å². The summed E-state index contributed by atoms with van der Waals surface area (Å²) in [6, 6.07) is 8.36. The minimum absolute atomic E-state index is 0.762. The quantitative estimate of drug-likeness (QED) is 0.515. The van der Waals surface area contributed by atoms with Crippen LogP contribution in [0.4, 0.5) is 0 Å². The Morgan fingerprint density at radius 1 is 1.36 bits per heavy atom. The minimum atomic E-state index is 0.762. The Bertz CT molecular complexity index is 718. The summed E-state index contributed by atoms with van der Waals surface area (Å²) in [6.07, 6.45) is 3.63. The standard InChI is InChI=1S/C20H31N5/c1-4-21-20(24-13-7-9-16(2)15-24)22-12-8-14-25-17(3)23-18-10-5-6-11-19(18)25/h5-6,10-11,16H,4,7-9,12-15H2,1-3H3,(H,21,22). The van der Waals surface area contributed by atoms with E-state index in [-0.39, 0.29) is 0 Å². The van der Waals surface area contributed by atoms with E-state index in [2.05, 4.69) is 58.7 Å². The van der Waals surface area contributed by atoms with Crippen LogP contribution in [0.25, 0.3) is 11.0 Å². The number of aromatic nitrogens is 2. The van der Waals surface area contributed by atoms with Crippen LogP contribution in [0, 0.1) is 12.8 Å². The fourth-order valence-corrected chi connectivity index (χ4v) is 3.70. The van der Waals surface area contributed by atoms with Crippen molar-refractivity contribution in [1.29, 1.82) is 0 Å². The summed E-state index contributed by atoms with van der Waals surface area (Å²) in [6.45, 7) is 11.5. The SMILES string of the molecule is CCNC(=NCCCn1c(C)nc2ccccc21)N1CCCC(C)C1. The molecule has 2 aromatic rings. The second-order valence-electron chi connectivity index (χ2n) is 7.08. The molecule has 1 atom stereocenters. The normalized spacial score (nSPS) is 18.8. The molecule has 1 aromatic carbocycles. The molecule has 0 aliphatic carbocycles. The molecule has 2 heterocycles. The Labute approximate surface area is 151 Å². The van der Waals surface area contributed by atoms with Gasteiger partial charge in [-0.1, -0.05) is 19.1 Å². The Morgan fingerprint density at radius 3 is 3.00 bits per heavy atom. The first-order chi connectivity index (χ1) is 12.2. The van der Waals surface area contributed by atoms with Crippen molar-refractivity contribution in [3.05, 3.63) is 30.1 Å². The van der Waals surface area contributed by atoms with Gasteiger partial charge in [-0.25, -0.2) is 4.98 Å². The smallest absolute Gasteiger partial charge is 0.193 e. The molecule has 1 aromatic heterocycles. The Balaban J connectivity index is 1.61. The zero-order valence-electron chi connectivity index (χ0n) is 15.8. The van der Waals surface area contributed by atoms with E-state index < -0.39 is 0 Å². The molecule has 1 N–H and O–H groups in total. The van der Waals surface area contributed by atoms with Crippen molar-refractivity contribution in [1.82, 2.24) is 19.8 Å². The lowest BCUT2D eigenvalue weighted by Crippen LogP contribution is -2.46. The lowest BCUT2D eigenvalue weighted by molar-refractivity contribution is 0.266. The Hall–Kier alpha value is -2.04. The maximum atomic E-state index is 4.88. The molecule has 1 unspecified atom stereocenters. The van der Waals surface area contributed by atoms with Gasteiger partial charge in [-0.3, -0.25) is 4.99 Å². The molecule has 0 spiro atoms. The fraction of sp³-hybridized carbons (Fsp3) is 0.600. The summed E-state index contributed by atoms with van der Waals surface area (Å²) in [7, 11) is 0. The maximum Gasteiger partial charge on any atom is 0.193 e. The van der Waals surface area contributed by atoms with Gasteiger partial charge in [0.25, 0.3) is 0 Å². The van der Waals surface area contributed by atoms with Crippen LogP contribution >= 0.6 is 0 Å². The van der Waals surface area contributed by atoms with E-state index in [4.69, 9.17) is 4.99 Å². The highest BCUT2D eigenvalue weighted by atomic mass is 15.3. The monoisotopic (exact) mass is 341 g/mol. The highest BCUT2D eigenvalue weighted by molar-refractivity contribution is 5.80. The molecule has 1 aliphatic heterocycles. The number of benzene rings is 1. The molecule has 1 fully saturated rings. The average molecular weight is 342 g/mol. The lowest BCUT2D eigenvalue weighted by Gasteiger charge is -2.33. The highest BCUT2D eigenvalue weighted by Gasteiger charge is 2.18. The first-order valence-electron chi connectivity index (χ1n) is 9.64. The number of aliphatic imine (C=N–C) groups is 1. The van der Waals surface area contributed by atoms with E-state index in [0.29, 0.717) is 0 Å². The van der Waals surface area contributed by atoms with Crippen molar-refractivity contribution in [2.45, 2.75) is 46.6 Å². The van der Waals surface area contributed by atoms with E-state index in [0.717, 1.165) is 62.4 Å². The molecule has 1 saturated heterocycles. The third kappa shape index (κ3) is 4.33. The van der Waals surface area contributed by atoms with Gasteiger partial charge in [-0.05, 0) is 51.2 Å². The second-order valence-corrected chi connectivity index (χ2v) is 7.08. The molecule has 0 amide bonds. The zero-order chi connectivity index (χ0) is 17.6. The second kappa shape index (κ2) is 8.37. The minimum Gasteiger partial charge on any atom is -0.357 e. The average Bonchev–Trinajstić information content (AvgIpc) is 2.93. The number of rotatable bonds is 5. The summed E-state index contributed by atoms with van der Waals surface area (Å²) in [4.78, 5) is 11.9. The molecule has 25 heavy (non-hydrogen) atoms. The van der Waals surface area contributed by atoms with E-state index in [1.165, 1.54) is 18.4 Å². The third-order valence-electron chi connectivity index (χ3n) is 4.94. The number of piperidine rings is 1. The summed E-state index contributed by atoms with van der Waals surface area (Å²) in [5, 5.41) is 3.46. The van der Waals surface area contributed by atoms with Crippen LogP contribution in [0.1, 0.15) is 38.9 Å². The van der Waals surface area contributed by atoms with Crippen molar-refractivity contribution in [2.24, 2.45) is 10.9 Å². The van der Waals surface area contributed by atoms with Crippen molar-refractivity contribution in [3.63, 3.8) is 0 Å². The molecule has 0 bridgehead atoms. The predicted molar refractivity (Wildman–Crippen MR) is 105 cm³/mol. The molecular formula is C20H31N5. The maximum absolute atomic E-state index is 4.88. The van der Waals surface area contributed by atoms with Crippen molar-refractivity contribution < 1.29 is 0 Å². The Morgan fingerprint density at radius 2 is 2.20 bits per heavy atom. The number of guanidine groups is 1. The summed E-state index contributed by atoms with van der Waals surface area (Å²) in [5.74, 6) is 2.93. The molecule has 3 rings (SSSR count). The Kier molecular flexibility index (Phi) is 5.95. The first kappa shape index (κ1) is 17.8. The number of imidazole rings is 1. The fourth-order valence-electron chi connectivity index (χ4n) is 3.70. The van der Waals surface area contributed by atoms with Gasteiger partial charge in [0.05, 0.1) is 11.0 Å². The molecule has 5 nitrogen and oxygen atoms in total. The molecule has 0 radical (unpaired) electrons. The summed E-state index contributed by atoms with van der Waals surface area (Å²) >= 11 is 0. The molecule has 1 aliphatic rings. The van der Waals surface area contributed by atoms with E-state index in [1.54, 1.807) is 0 Å². The van der Waals surface area contributed by atoms with E-state index in [1.807, 2.05) is 6.07 Å². The van der Waals surface area contributed by atoms with E-state index in [9.17, 15) is 0 Å². The zero-order valence-corrected chi connectivity index (χ0v) is 15.8. The number of para-hydroxylation sites is 2. The third-order valence-corrected chi connectivity index (χ3v) is 4.94. The van der Waals surface area contributed by atoms with Crippen LogP contribution in [0.15, 0.2) is 29.3 Å². The van der Waals surface area contributed by atoms with Gasteiger partial charge in [-0.15, -0.1) is 0 Å². The molecule has 0 saturated carbocycles. The number of nitrogens with one attached hydrogen (secondary N) is 1. The van der Waals surface area contributed by atoms with Crippen LogP contribution in [-0.4, -0.2) is 46.6 Å². The number of nitrogens with zero attached hydrogens (tertiary/aromatic N) is 4. The van der Waals surface area contributed by atoms with Gasteiger partial charge >= 0.3 is 0 Å². The molecule has 136 valence electrons. The van der Waals surface area contributed by atoms with Gasteiger partial charge in [-0.2, -0.15) is 0 Å². The van der Waals surface area contributed by atoms with Gasteiger partial charge in [0.2, 0.25) is 0 Å². The first-order valence-corrected chi connectivity index (χ1v) is 9.64. The van der Waals surface area contributed by atoms with Crippen LogP contribution in [0.5, 0.6) is 0 Å². The van der Waals surface area contributed by atoms with Crippen molar-refractivity contribution >= 4 is 17.0 Å². The van der Waals surface area contributed by atoms with Gasteiger partial charge in [0, 0.05) is 32.7 Å². The topological polar surface area (TPSA) is 45.5 Å². The number of hydrogen-bond donors (Lipinski definition) is 1. The van der Waals surface area contributed by atoms with Gasteiger partial charge in [0.1, 0.15) is 5.82 Å². The number of aryl methyl sites for hydroxylation is 2. The summed E-state index contributed by atoms with van der Waals surface area (Å²) < 4.78 is 2.31. The molecular weight excluding hydrogens is 310 g/mol. The van der Waals surface area contributed by atoms with Crippen molar-refractivity contribution in [3.8, 4) is 0 Å². The number of likely N-dealkylation sites (tertiary alicyclic amines) is 1. The van der Waals surface area contributed by atoms with Crippen LogP contribution in [-0.2, 0) is 6.54 Å². The number of hydrogen-bond acceptors (Lipinski definition) is 2. The van der Waals surface area contributed by atoms with Crippen molar-refractivity contribution in [2.75, 3.05) is 26.2 Å². The summed E-state index contributed by atoms with van der Waals surface area (Å²) in [5.41, 5.74) is 2.31. The highest BCUT2D eigenvalue weighted by Crippen LogP contribution is 2.17.